The van der Waals surface area contributed by atoms with Crippen LogP contribution in [0.5, 0.6) is 0 Å². The fraction of sp³-hybridized carbons (Fsp3) is 0.571. The van der Waals surface area contributed by atoms with Crippen molar-refractivity contribution in [3.05, 3.63) is 29.6 Å². The maximum Gasteiger partial charge on any atom is 0.267 e. The van der Waals surface area contributed by atoms with E-state index in [4.69, 9.17) is 5.73 Å². The van der Waals surface area contributed by atoms with Gasteiger partial charge in [0.05, 0.1) is 0 Å². The number of likely N-dealkylation sites (tertiary alicyclic amines) is 1. The van der Waals surface area contributed by atoms with Gasteiger partial charge in [-0.3, -0.25) is 4.79 Å². The van der Waals surface area contributed by atoms with Gasteiger partial charge in [-0.2, -0.15) is 0 Å². The van der Waals surface area contributed by atoms with E-state index in [2.05, 4.69) is 23.7 Å². The summed E-state index contributed by atoms with van der Waals surface area (Å²) in [4.78, 5) is 18.0. The Morgan fingerprint density at radius 3 is 2.61 bits per heavy atom. The Morgan fingerprint density at radius 1 is 1.39 bits per heavy atom. The number of piperidine rings is 1. The molecule has 0 atom stereocenters. The highest BCUT2D eigenvalue weighted by Gasteiger charge is 2.23. The number of rotatable bonds is 3. The summed E-state index contributed by atoms with van der Waals surface area (Å²) < 4.78 is 0. The lowest BCUT2D eigenvalue weighted by Gasteiger charge is -2.34. The molecule has 0 aromatic carbocycles. The Hall–Kier alpha value is -1.42. The van der Waals surface area contributed by atoms with E-state index in [1.165, 1.54) is 0 Å². The average molecular weight is 247 g/mol. The van der Waals surface area contributed by atoms with Crippen LogP contribution in [0.25, 0.3) is 0 Å². The number of hydrogen-bond donors (Lipinski definition) is 1. The minimum atomic E-state index is -0.448. The molecule has 1 aromatic heterocycles. The van der Waals surface area contributed by atoms with Crippen molar-refractivity contribution in [2.75, 3.05) is 13.1 Å². The van der Waals surface area contributed by atoms with Crippen molar-refractivity contribution in [2.24, 2.45) is 5.73 Å². The van der Waals surface area contributed by atoms with Gasteiger partial charge in [0.1, 0.15) is 5.69 Å². The molecule has 4 heteroatoms. The molecule has 1 aliphatic heterocycles. The Bertz CT molecular complexity index is 423. The van der Waals surface area contributed by atoms with Gasteiger partial charge in [0.2, 0.25) is 0 Å². The molecule has 1 amide bonds. The van der Waals surface area contributed by atoms with Crippen LogP contribution in [0.2, 0.25) is 0 Å². The molecule has 18 heavy (non-hydrogen) atoms. The van der Waals surface area contributed by atoms with Gasteiger partial charge in [-0.25, -0.2) is 4.98 Å². The van der Waals surface area contributed by atoms with Crippen molar-refractivity contribution in [1.82, 2.24) is 9.88 Å². The second-order valence-corrected chi connectivity index (χ2v) is 5.22. The lowest BCUT2D eigenvalue weighted by molar-refractivity contribution is 0.0995. The number of carbonyl (C=O) groups is 1. The molecule has 0 radical (unpaired) electrons. The van der Waals surface area contributed by atoms with Crippen molar-refractivity contribution >= 4 is 5.91 Å². The number of primary amides is 1. The van der Waals surface area contributed by atoms with Crippen LogP contribution < -0.4 is 5.73 Å². The molecule has 0 aliphatic carbocycles. The number of nitrogens with two attached hydrogens (primary N) is 1. The smallest absolute Gasteiger partial charge is 0.267 e. The number of carbonyl (C=O) groups excluding carboxylic acids is 1. The summed E-state index contributed by atoms with van der Waals surface area (Å²) in [7, 11) is 0. The van der Waals surface area contributed by atoms with E-state index >= 15 is 0 Å². The zero-order chi connectivity index (χ0) is 13.1. The van der Waals surface area contributed by atoms with Gasteiger partial charge in [0, 0.05) is 17.7 Å². The number of hydrogen-bond acceptors (Lipinski definition) is 3. The van der Waals surface area contributed by atoms with E-state index in [-0.39, 0.29) is 0 Å². The van der Waals surface area contributed by atoms with Gasteiger partial charge in [-0.05, 0) is 51.9 Å². The quantitative estimate of drug-likeness (QED) is 0.885. The molecule has 98 valence electrons. The average Bonchev–Trinajstić information content (AvgIpc) is 2.39. The monoisotopic (exact) mass is 247 g/mol. The fourth-order valence-corrected chi connectivity index (χ4v) is 2.53. The predicted molar refractivity (Wildman–Crippen MR) is 71.4 cm³/mol. The Morgan fingerprint density at radius 2 is 2.06 bits per heavy atom. The van der Waals surface area contributed by atoms with Gasteiger partial charge in [-0.1, -0.05) is 6.07 Å². The van der Waals surface area contributed by atoms with Gasteiger partial charge in [-0.15, -0.1) is 0 Å². The van der Waals surface area contributed by atoms with Gasteiger partial charge < -0.3 is 10.6 Å². The maximum absolute atomic E-state index is 11.1. The molecule has 0 spiro atoms. The van der Waals surface area contributed by atoms with E-state index in [1.807, 2.05) is 12.1 Å². The van der Waals surface area contributed by atoms with Crippen molar-refractivity contribution < 1.29 is 4.79 Å². The Balaban J connectivity index is 2.05. The molecule has 1 aliphatic rings. The van der Waals surface area contributed by atoms with E-state index < -0.39 is 5.91 Å². The predicted octanol–water partition coefficient (Wildman–Crippen LogP) is 1.77. The summed E-state index contributed by atoms with van der Waals surface area (Å²) in [5.74, 6) is 0.00997. The van der Waals surface area contributed by atoms with Crippen LogP contribution in [0.3, 0.4) is 0 Å². The summed E-state index contributed by atoms with van der Waals surface area (Å²) in [6.07, 6.45) is 2.21. The molecule has 1 aromatic rings. The van der Waals surface area contributed by atoms with E-state index in [1.54, 1.807) is 6.07 Å². The topological polar surface area (TPSA) is 59.2 Å². The molecular formula is C14H21N3O. The van der Waals surface area contributed by atoms with Crippen LogP contribution in [0.4, 0.5) is 0 Å². The highest BCUT2D eigenvalue weighted by Crippen LogP contribution is 2.27. The van der Waals surface area contributed by atoms with Crippen LogP contribution in [0.1, 0.15) is 48.8 Å². The largest absolute Gasteiger partial charge is 0.364 e. The summed E-state index contributed by atoms with van der Waals surface area (Å²) in [5.41, 5.74) is 6.65. The summed E-state index contributed by atoms with van der Waals surface area (Å²) in [5, 5.41) is 0. The Labute approximate surface area is 108 Å². The van der Waals surface area contributed by atoms with Crippen molar-refractivity contribution in [3.8, 4) is 0 Å². The summed E-state index contributed by atoms with van der Waals surface area (Å²) >= 11 is 0. The van der Waals surface area contributed by atoms with E-state index in [0.717, 1.165) is 31.6 Å². The third-order valence-corrected chi connectivity index (χ3v) is 3.70. The SMILES string of the molecule is CC(C)N1CCC(c2cccc(C(N)=O)n2)CC1. The molecule has 0 saturated carbocycles. The Kier molecular flexibility index (Phi) is 3.97. The lowest BCUT2D eigenvalue weighted by Crippen LogP contribution is -2.38. The number of amides is 1. The number of aromatic nitrogens is 1. The minimum absolute atomic E-state index is 0.374. The molecule has 2 heterocycles. The first-order valence-corrected chi connectivity index (χ1v) is 6.58. The third kappa shape index (κ3) is 2.88. The lowest BCUT2D eigenvalue weighted by atomic mass is 9.92. The molecular weight excluding hydrogens is 226 g/mol. The van der Waals surface area contributed by atoms with Gasteiger partial charge in [0.25, 0.3) is 5.91 Å². The standard InChI is InChI=1S/C14H21N3O/c1-10(2)17-8-6-11(7-9-17)12-4-3-5-13(16-12)14(15)18/h3-5,10-11H,6-9H2,1-2H3,(H2,15,18). The molecule has 0 unspecified atom stereocenters. The second-order valence-electron chi connectivity index (χ2n) is 5.22. The van der Waals surface area contributed by atoms with Crippen LogP contribution in [-0.4, -0.2) is 34.9 Å². The van der Waals surface area contributed by atoms with Crippen LogP contribution in [-0.2, 0) is 0 Å². The van der Waals surface area contributed by atoms with Gasteiger partial charge in [0.15, 0.2) is 0 Å². The maximum atomic E-state index is 11.1. The first kappa shape index (κ1) is 13.0. The molecule has 2 rings (SSSR count). The van der Waals surface area contributed by atoms with Crippen LogP contribution >= 0.6 is 0 Å². The molecule has 0 bridgehead atoms. The fourth-order valence-electron chi connectivity index (χ4n) is 2.53. The molecule has 4 nitrogen and oxygen atoms in total. The first-order chi connectivity index (χ1) is 8.58. The highest BCUT2D eigenvalue weighted by atomic mass is 16.1. The molecule has 1 fully saturated rings. The van der Waals surface area contributed by atoms with Crippen molar-refractivity contribution in [2.45, 2.75) is 38.6 Å². The van der Waals surface area contributed by atoms with Crippen LogP contribution in [0.15, 0.2) is 18.2 Å². The van der Waals surface area contributed by atoms with Gasteiger partial charge >= 0.3 is 0 Å². The molecule has 1 saturated heterocycles. The van der Waals surface area contributed by atoms with Crippen LogP contribution in [0, 0.1) is 0 Å². The van der Waals surface area contributed by atoms with Crippen molar-refractivity contribution in [1.29, 1.82) is 0 Å². The third-order valence-electron chi connectivity index (χ3n) is 3.70. The van der Waals surface area contributed by atoms with Crippen molar-refractivity contribution in [3.63, 3.8) is 0 Å². The first-order valence-electron chi connectivity index (χ1n) is 6.58. The summed E-state index contributed by atoms with van der Waals surface area (Å²) in [6, 6.07) is 6.16. The number of nitrogens with zero attached hydrogens (tertiary/aromatic N) is 2. The zero-order valence-corrected chi connectivity index (χ0v) is 11.1. The van der Waals surface area contributed by atoms with E-state index in [9.17, 15) is 4.79 Å². The molecule has 2 N–H and O–H groups in total. The number of pyridine rings is 1. The second kappa shape index (κ2) is 5.48. The zero-order valence-electron chi connectivity index (χ0n) is 11.1. The normalized spacial score (nSPS) is 18.2. The highest BCUT2D eigenvalue weighted by molar-refractivity contribution is 5.90. The minimum Gasteiger partial charge on any atom is -0.364 e. The van der Waals surface area contributed by atoms with E-state index in [0.29, 0.717) is 17.7 Å². The summed E-state index contributed by atoms with van der Waals surface area (Å²) in [6.45, 7) is 6.66.